The number of hydrogen-bond acceptors (Lipinski definition) is 5. The third kappa shape index (κ3) is 3.13. The second-order valence-corrected chi connectivity index (χ2v) is 5.73. The van der Waals surface area contributed by atoms with E-state index >= 15 is 0 Å². The summed E-state index contributed by atoms with van der Waals surface area (Å²) in [5, 5.41) is 7.54. The zero-order valence-corrected chi connectivity index (χ0v) is 14.7. The molecule has 0 aliphatic heterocycles. The van der Waals surface area contributed by atoms with Crippen molar-refractivity contribution in [1.82, 2.24) is 14.9 Å². The Morgan fingerprint density at radius 1 is 1.23 bits per heavy atom. The first-order valence-corrected chi connectivity index (χ1v) is 8.34. The molecule has 4 N–H and O–H groups in total. The van der Waals surface area contributed by atoms with Gasteiger partial charge in [-0.05, 0) is 19.1 Å². The molecule has 0 fully saturated rings. The van der Waals surface area contributed by atoms with Gasteiger partial charge in [-0.25, -0.2) is 9.78 Å². The number of primary amides is 1. The summed E-state index contributed by atoms with van der Waals surface area (Å²) in [7, 11) is 1.30. The number of para-hydroxylation sites is 1. The van der Waals surface area contributed by atoms with Gasteiger partial charge in [0.05, 0.1) is 18.2 Å². The van der Waals surface area contributed by atoms with E-state index in [0.717, 1.165) is 28.5 Å². The maximum absolute atomic E-state index is 11.9. The first-order chi connectivity index (χ1) is 12.6. The number of nitrogens with two attached hydrogens (primary N) is 1. The number of hydrogen-bond donors (Lipinski definition) is 3. The van der Waals surface area contributed by atoms with Gasteiger partial charge in [0.25, 0.3) is 5.91 Å². The minimum Gasteiger partial charge on any atom is -0.453 e. The molecule has 0 spiro atoms. The molecule has 2 amide bonds. The third-order valence-corrected chi connectivity index (χ3v) is 4.20. The van der Waals surface area contributed by atoms with Gasteiger partial charge in [-0.1, -0.05) is 18.2 Å². The highest BCUT2D eigenvalue weighted by Gasteiger charge is 2.17. The van der Waals surface area contributed by atoms with E-state index in [-0.39, 0.29) is 0 Å². The number of benzene rings is 1. The molecule has 0 unspecified atom stereocenters. The van der Waals surface area contributed by atoms with E-state index in [0.29, 0.717) is 24.5 Å². The number of pyridine rings is 1. The van der Waals surface area contributed by atoms with E-state index in [1.165, 1.54) is 7.11 Å². The molecule has 3 rings (SSSR count). The van der Waals surface area contributed by atoms with Crippen molar-refractivity contribution in [2.45, 2.75) is 13.5 Å². The van der Waals surface area contributed by atoms with Gasteiger partial charge in [-0.15, -0.1) is 0 Å². The molecule has 0 saturated carbocycles. The molecule has 0 atom stereocenters. The van der Waals surface area contributed by atoms with Crippen LogP contribution in [0.1, 0.15) is 17.3 Å². The monoisotopic (exact) mass is 355 g/mol. The molecule has 26 heavy (non-hydrogen) atoms. The van der Waals surface area contributed by atoms with Gasteiger partial charge in [0.1, 0.15) is 11.5 Å². The van der Waals surface area contributed by atoms with E-state index in [1.54, 1.807) is 6.07 Å². The summed E-state index contributed by atoms with van der Waals surface area (Å²) in [6.07, 6.45) is -0.517. The Bertz CT molecular complexity index is 980. The largest absolute Gasteiger partial charge is 0.453 e. The van der Waals surface area contributed by atoms with E-state index < -0.39 is 12.0 Å². The normalized spacial score (nSPS) is 10.8. The lowest BCUT2D eigenvalue weighted by Gasteiger charge is -2.11. The number of aryl methyl sites for hydroxylation is 1. The molecule has 0 radical (unpaired) electrons. The first kappa shape index (κ1) is 17.5. The lowest BCUT2D eigenvalue weighted by Crippen LogP contribution is -2.29. The number of ether oxygens (including phenoxy) is 1. The van der Waals surface area contributed by atoms with Crippen LogP contribution in [0.3, 0.4) is 0 Å². The average molecular weight is 355 g/mol. The lowest BCUT2D eigenvalue weighted by molar-refractivity contribution is 0.100. The molecule has 0 bridgehead atoms. The van der Waals surface area contributed by atoms with E-state index in [1.807, 2.05) is 31.2 Å². The van der Waals surface area contributed by atoms with E-state index in [2.05, 4.69) is 24.9 Å². The Morgan fingerprint density at radius 3 is 2.69 bits per heavy atom. The quantitative estimate of drug-likeness (QED) is 0.586. The van der Waals surface area contributed by atoms with Crippen LogP contribution in [0.5, 0.6) is 0 Å². The number of methoxy groups -OCH3 is 1. The van der Waals surface area contributed by atoms with Crippen molar-refractivity contribution in [3.8, 4) is 0 Å². The van der Waals surface area contributed by atoms with Crippen LogP contribution in [0.2, 0.25) is 0 Å². The number of carbonyl (C=O) groups is 2. The fourth-order valence-corrected chi connectivity index (χ4v) is 3.02. The number of anilines is 1. The van der Waals surface area contributed by atoms with E-state index in [4.69, 9.17) is 5.73 Å². The van der Waals surface area contributed by atoms with Crippen LogP contribution < -0.4 is 16.4 Å². The third-order valence-electron chi connectivity index (χ3n) is 4.20. The van der Waals surface area contributed by atoms with Gasteiger partial charge in [-0.2, -0.15) is 0 Å². The van der Waals surface area contributed by atoms with E-state index in [9.17, 15) is 9.59 Å². The summed E-state index contributed by atoms with van der Waals surface area (Å²) in [6, 6.07) is 9.73. The number of carbonyl (C=O) groups excluding carboxylic acids is 2. The van der Waals surface area contributed by atoms with Gasteiger partial charge >= 0.3 is 6.09 Å². The number of amides is 2. The zero-order valence-electron chi connectivity index (χ0n) is 14.7. The number of nitrogens with one attached hydrogen (secondary N) is 2. The predicted molar refractivity (Wildman–Crippen MR) is 100 cm³/mol. The number of nitrogens with zero attached hydrogens (tertiary/aromatic N) is 2. The summed E-state index contributed by atoms with van der Waals surface area (Å²) in [5.41, 5.74) is 7.69. The summed E-state index contributed by atoms with van der Waals surface area (Å²) in [6.45, 7) is 3.49. The molecule has 3 aromatic rings. The molecular weight excluding hydrogens is 334 g/mol. The predicted octanol–water partition coefficient (Wildman–Crippen LogP) is 2.08. The highest BCUT2D eigenvalue weighted by molar-refractivity contribution is 6.10. The summed E-state index contributed by atoms with van der Waals surface area (Å²) in [4.78, 5) is 27.7. The number of alkyl carbamates (subject to hydrolysis) is 1. The second-order valence-electron chi connectivity index (χ2n) is 5.73. The molecule has 0 aliphatic rings. The fraction of sp³-hybridized carbons (Fsp3) is 0.278. The number of rotatable bonds is 6. The Labute approximate surface area is 150 Å². The molecule has 2 aromatic heterocycles. The lowest BCUT2D eigenvalue weighted by atomic mass is 10.1. The maximum Gasteiger partial charge on any atom is 0.406 e. The SMILES string of the molecule is CCn1c2ccccc2c2cc(C(N)=O)c(NCCNC(=O)OC)nc21. The highest BCUT2D eigenvalue weighted by atomic mass is 16.5. The van der Waals surface area contributed by atoms with Crippen molar-refractivity contribution in [3.05, 3.63) is 35.9 Å². The first-order valence-electron chi connectivity index (χ1n) is 8.34. The standard InChI is InChI=1S/C18H21N5O3/c1-3-23-14-7-5-4-6-11(14)12-10-13(15(19)24)16(22-17(12)23)20-8-9-21-18(25)26-2/h4-7,10H,3,8-9H2,1-2H3,(H2,19,24)(H,20,22)(H,21,25). The molecule has 0 aliphatic carbocycles. The van der Waals surface area contributed by atoms with Crippen LogP contribution in [0.25, 0.3) is 21.9 Å². The summed E-state index contributed by atoms with van der Waals surface area (Å²) < 4.78 is 6.61. The van der Waals surface area contributed by atoms with Gasteiger partial charge in [0, 0.05) is 30.4 Å². The molecule has 8 nitrogen and oxygen atoms in total. The second kappa shape index (κ2) is 7.30. The van der Waals surface area contributed by atoms with Crippen LogP contribution in [-0.2, 0) is 11.3 Å². The molecular formula is C18H21N5O3. The van der Waals surface area contributed by atoms with Crippen molar-refractivity contribution < 1.29 is 14.3 Å². The minimum atomic E-state index is -0.559. The molecule has 8 heteroatoms. The number of aromatic nitrogens is 2. The summed E-state index contributed by atoms with van der Waals surface area (Å²) >= 11 is 0. The van der Waals surface area contributed by atoms with Crippen LogP contribution in [0, 0.1) is 0 Å². The van der Waals surface area contributed by atoms with Crippen molar-refractivity contribution >= 4 is 39.8 Å². The Balaban J connectivity index is 2.02. The van der Waals surface area contributed by atoms with Gasteiger partial charge in [0.15, 0.2) is 0 Å². The minimum absolute atomic E-state index is 0.314. The van der Waals surface area contributed by atoms with Crippen molar-refractivity contribution in [1.29, 1.82) is 0 Å². The molecule has 2 heterocycles. The van der Waals surface area contributed by atoms with Crippen LogP contribution >= 0.6 is 0 Å². The van der Waals surface area contributed by atoms with Crippen LogP contribution in [0.15, 0.2) is 30.3 Å². The van der Waals surface area contributed by atoms with Crippen LogP contribution in [0.4, 0.5) is 10.6 Å². The Kier molecular flexibility index (Phi) is 4.92. The smallest absolute Gasteiger partial charge is 0.406 e. The molecule has 0 saturated heterocycles. The number of fused-ring (bicyclic) bond motifs is 3. The average Bonchev–Trinajstić information content (AvgIpc) is 2.96. The van der Waals surface area contributed by atoms with Crippen molar-refractivity contribution in [2.24, 2.45) is 5.73 Å². The highest BCUT2D eigenvalue weighted by Crippen LogP contribution is 2.30. The van der Waals surface area contributed by atoms with Crippen molar-refractivity contribution in [3.63, 3.8) is 0 Å². The summed E-state index contributed by atoms with van der Waals surface area (Å²) in [5.74, 6) is -0.162. The van der Waals surface area contributed by atoms with Crippen molar-refractivity contribution in [2.75, 3.05) is 25.5 Å². The Morgan fingerprint density at radius 2 is 2.00 bits per heavy atom. The Hall–Kier alpha value is -3.29. The van der Waals surface area contributed by atoms with Gasteiger partial charge in [0.2, 0.25) is 0 Å². The van der Waals surface area contributed by atoms with Gasteiger partial charge < -0.3 is 25.7 Å². The van der Waals surface area contributed by atoms with Crippen LogP contribution in [-0.4, -0.2) is 41.8 Å². The molecule has 1 aromatic carbocycles. The fourth-order valence-electron chi connectivity index (χ4n) is 3.02. The maximum atomic E-state index is 11.9. The topological polar surface area (TPSA) is 111 Å². The zero-order chi connectivity index (χ0) is 18.7. The van der Waals surface area contributed by atoms with Gasteiger partial charge in [-0.3, -0.25) is 4.79 Å². The molecule has 136 valence electrons.